The van der Waals surface area contributed by atoms with Crippen LogP contribution in [0.2, 0.25) is 0 Å². The van der Waals surface area contributed by atoms with Crippen LogP contribution in [0.1, 0.15) is 68.6 Å². The van der Waals surface area contributed by atoms with Gasteiger partial charge in [0, 0.05) is 49.9 Å². The van der Waals surface area contributed by atoms with Crippen LogP contribution in [0.5, 0.6) is 0 Å². The van der Waals surface area contributed by atoms with E-state index in [1.165, 1.54) is 34.0 Å². The molecule has 36 heavy (non-hydrogen) atoms. The maximum atomic E-state index is 11.4. The van der Waals surface area contributed by atoms with Gasteiger partial charge in [0.25, 0.3) is 12.6 Å². The van der Waals surface area contributed by atoms with E-state index in [1.807, 2.05) is 0 Å². The number of nitrogens with two attached hydrogens (primary N) is 1. The van der Waals surface area contributed by atoms with Crippen molar-refractivity contribution in [1.29, 1.82) is 5.41 Å². The number of aliphatic imine (C=N–C) groups is 1. The normalized spacial score (nSPS) is 11.0. The Balaban J connectivity index is 2.37. The van der Waals surface area contributed by atoms with Gasteiger partial charge < -0.3 is 18.9 Å². The van der Waals surface area contributed by atoms with E-state index in [0.29, 0.717) is 11.1 Å². The number of carbonyl (C=O) groups is 4. The molecule has 0 saturated carbocycles. The molecule has 3 N–H and O–H groups in total. The minimum Gasteiger partial charge on any atom is -0.421 e. The van der Waals surface area contributed by atoms with Gasteiger partial charge in [-0.15, -0.1) is 0 Å². The first-order valence-corrected chi connectivity index (χ1v) is 10.8. The summed E-state index contributed by atoms with van der Waals surface area (Å²) in [6, 6.07) is 13.5. The van der Waals surface area contributed by atoms with E-state index in [9.17, 15) is 19.2 Å². The summed E-state index contributed by atoms with van der Waals surface area (Å²) in [5.74, 6) is -2.39. The van der Waals surface area contributed by atoms with Crippen LogP contribution < -0.4 is 5.32 Å². The molecule has 0 bridgehead atoms. The van der Waals surface area contributed by atoms with E-state index in [4.69, 9.17) is 24.4 Å². The number of quaternary nitrogens is 1. The van der Waals surface area contributed by atoms with E-state index in [0.717, 1.165) is 17.5 Å². The Kier molecular flexibility index (Phi) is 10.4. The molecule has 2 aromatic carbocycles. The molecule has 2 aromatic rings. The molecule has 0 unspecified atom stereocenters. The molecule has 0 aliphatic heterocycles. The summed E-state index contributed by atoms with van der Waals surface area (Å²) in [6.45, 7) is 4.87. The van der Waals surface area contributed by atoms with Crippen molar-refractivity contribution in [3.63, 3.8) is 0 Å². The monoisotopic (exact) mass is 498 g/mol. The molecule has 0 aliphatic carbocycles. The largest absolute Gasteiger partial charge is 0.421 e. The lowest BCUT2D eigenvalue weighted by Gasteiger charge is -2.19. The van der Waals surface area contributed by atoms with Crippen molar-refractivity contribution in [2.75, 3.05) is 0 Å². The number of esters is 4. The quantitative estimate of drug-likeness (QED) is 0.207. The number of benzene rings is 2. The van der Waals surface area contributed by atoms with Crippen LogP contribution in [0, 0.1) is 5.41 Å². The zero-order chi connectivity index (χ0) is 26.7. The molecule has 190 valence electrons. The third-order valence-electron chi connectivity index (χ3n) is 4.67. The number of ether oxygens (including phenoxy) is 4. The van der Waals surface area contributed by atoms with Crippen LogP contribution in [0.4, 0.5) is 0 Å². The van der Waals surface area contributed by atoms with Crippen molar-refractivity contribution in [2.45, 2.75) is 46.3 Å². The summed E-state index contributed by atoms with van der Waals surface area (Å²) in [4.78, 5) is 49.4. The average molecular weight is 499 g/mol. The summed E-state index contributed by atoms with van der Waals surface area (Å²) >= 11 is 0. The van der Waals surface area contributed by atoms with Gasteiger partial charge in [0.1, 0.15) is 12.4 Å². The predicted molar refractivity (Wildman–Crippen MR) is 126 cm³/mol. The molecule has 0 fully saturated rings. The maximum absolute atomic E-state index is 11.4. The summed E-state index contributed by atoms with van der Waals surface area (Å²) in [5.41, 5.74) is 2.58. The molecule has 11 nitrogen and oxygen atoms in total. The van der Waals surface area contributed by atoms with Crippen molar-refractivity contribution in [1.82, 2.24) is 0 Å². The standard InChI is InChI=1S/C25H27N3O8/c1-15(29)33-24(34-16(2)30)21-9-5-19(6-10-21)23(28-14-27-13-26)20-7-11-22(12-8-20)25(35-17(3)31)36-18(4)32/h5-14,23-25H,1-4H3,(H2,26,27,28)/p+1. The van der Waals surface area contributed by atoms with Gasteiger partial charge in [-0.3, -0.25) is 29.9 Å². The van der Waals surface area contributed by atoms with Crippen LogP contribution in [0.15, 0.2) is 53.5 Å². The number of hydrogen-bond donors (Lipinski definition) is 2. The SMILES string of the molecule is CC(=O)OC(OC(C)=O)c1ccc(C([NH2+]C=NC=N)c2ccc(C(OC(C)=O)OC(C)=O)cc2)cc1. The van der Waals surface area contributed by atoms with Crippen LogP contribution in [-0.2, 0) is 38.1 Å². The maximum Gasteiger partial charge on any atom is 0.305 e. The zero-order valence-electron chi connectivity index (χ0n) is 20.3. The van der Waals surface area contributed by atoms with Crippen molar-refractivity contribution >= 4 is 36.6 Å². The Labute approximate surface area is 207 Å². The van der Waals surface area contributed by atoms with E-state index in [-0.39, 0.29) is 6.04 Å². The second-order valence-corrected chi connectivity index (χ2v) is 7.53. The van der Waals surface area contributed by atoms with E-state index < -0.39 is 36.5 Å². The molecule has 0 saturated heterocycles. The van der Waals surface area contributed by atoms with Gasteiger partial charge in [0.2, 0.25) is 0 Å². The Morgan fingerprint density at radius 3 is 1.25 bits per heavy atom. The first kappa shape index (κ1) is 27.9. The molecule has 0 radical (unpaired) electrons. The summed E-state index contributed by atoms with van der Waals surface area (Å²) < 4.78 is 20.4. The Bertz CT molecular complexity index is 1000. The molecule has 11 heteroatoms. The van der Waals surface area contributed by atoms with Crippen molar-refractivity contribution in [2.24, 2.45) is 4.99 Å². The Morgan fingerprint density at radius 1 is 0.667 bits per heavy atom. The zero-order valence-corrected chi connectivity index (χ0v) is 20.3. The van der Waals surface area contributed by atoms with E-state index in [2.05, 4.69) is 4.99 Å². The minimum atomic E-state index is -1.17. The van der Waals surface area contributed by atoms with Crippen molar-refractivity contribution < 1.29 is 43.4 Å². The van der Waals surface area contributed by atoms with Gasteiger partial charge in [0.05, 0.1) is 0 Å². The highest BCUT2D eigenvalue weighted by Crippen LogP contribution is 2.26. The average Bonchev–Trinajstić information content (AvgIpc) is 2.80. The predicted octanol–water partition coefficient (Wildman–Crippen LogP) is 2.22. The van der Waals surface area contributed by atoms with Crippen LogP contribution in [-0.4, -0.2) is 36.6 Å². The van der Waals surface area contributed by atoms with Crippen LogP contribution in [0.3, 0.4) is 0 Å². The van der Waals surface area contributed by atoms with Crippen molar-refractivity contribution in [3.8, 4) is 0 Å². The van der Waals surface area contributed by atoms with Crippen LogP contribution >= 0.6 is 0 Å². The highest BCUT2D eigenvalue weighted by Gasteiger charge is 2.23. The highest BCUT2D eigenvalue weighted by molar-refractivity contribution is 5.69. The number of hydrogen-bond acceptors (Lipinski definition) is 9. The van der Waals surface area contributed by atoms with Gasteiger partial charge in [-0.05, 0) is 0 Å². The molecule has 0 atom stereocenters. The number of nitrogens with one attached hydrogen (secondary N) is 1. The summed E-state index contributed by atoms with van der Waals surface area (Å²) in [6.07, 6.45) is 0.0516. The first-order chi connectivity index (χ1) is 17.1. The lowest BCUT2D eigenvalue weighted by molar-refractivity contribution is -0.568. The number of nitrogens with zero attached hydrogens (tertiary/aromatic N) is 1. The third kappa shape index (κ3) is 8.76. The van der Waals surface area contributed by atoms with Gasteiger partial charge in [0.15, 0.2) is 6.34 Å². The topological polar surface area (TPSA) is 158 Å². The fraction of sp³-hybridized carbons (Fsp3) is 0.280. The molecule has 0 aromatic heterocycles. The summed E-state index contributed by atoms with van der Waals surface area (Å²) in [5, 5.41) is 8.90. The molecular weight excluding hydrogens is 470 g/mol. The second-order valence-electron chi connectivity index (χ2n) is 7.53. The van der Waals surface area contributed by atoms with Gasteiger partial charge >= 0.3 is 23.9 Å². The highest BCUT2D eigenvalue weighted by atomic mass is 16.7. The smallest absolute Gasteiger partial charge is 0.305 e. The molecule has 0 aliphatic rings. The molecule has 0 spiro atoms. The molecular formula is C25H28N3O8+. The molecule has 0 amide bonds. The summed E-state index contributed by atoms with van der Waals surface area (Å²) in [7, 11) is 0. The number of carbonyl (C=O) groups excluding carboxylic acids is 4. The number of rotatable bonds is 11. The van der Waals surface area contributed by atoms with Gasteiger partial charge in [-0.25, -0.2) is 0 Å². The molecule has 2 rings (SSSR count). The fourth-order valence-corrected chi connectivity index (χ4v) is 3.24. The molecule has 0 heterocycles. The third-order valence-corrected chi connectivity index (χ3v) is 4.67. The van der Waals surface area contributed by atoms with E-state index >= 15 is 0 Å². The fourth-order valence-electron chi connectivity index (χ4n) is 3.24. The Hall–Kier alpha value is -4.38. The first-order valence-electron chi connectivity index (χ1n) is 10.8. The lowest BCUT2D eigenvalue weighted by Crippen LogP contribution is -2.84. The van der Waals surface area contributed by atoms with E-state index in [1.54, 1.807) is 53.8 Å². The Morgan fingerprint density at radius 2 is 0.972 bits per heavy atom. The minimum absolute atomic E-state index is 0.307. The van der Waals surface area contributed by atoms with Crippen LogP contribution in [0.25, 0.3) is 0 Å². The van der Waals surface area contributed by atoms with Gasteiger partial charge in [-0.1, -0.05) is 48.5 Å². The second kappa shape index (κ2) is 13.5. The van der Waals surface area contributed by atoms with Crippen molar-refractivity contribution in [3.05, 3.63) is 70.8 Å². The lowest BCUT2D eigenvalue weighted by atomic mass is 9.96. The van der Waals surface area contributed by atoms with Gasteiger partial charge in [-0.2, -0.15) is 4.99 Å².